The summed E-state index contributed by atoms with van der Waals surface area (Å²) in [5, 5.41) is 15.1. The van der Waals surface area contributed by atoms with Gasteiger partial charge in [-0.15, -0.1) is 5.10 Å². The Bertz CT molecular complexity index is 989. The van der Waals surface area contributed by atoms with Crippen LogP contribution in [0.4, 0.5) is 0 Å². The molecule has 1 aliphatic rings. The highest BCUT2D eigenvalue weighted by molar-refractivity contribution is 7.17. The SMILES string of the molecule is COc1ccc([C@@H](c2sc3nc(C)nn3c2O)N2CCC(C(N)=O)CC2)cc1. The fraction of sp³-hybridized carbons (Fsp3) is 0.421. The molecule has 8 nitrogen and oxygen atoms in total. The zero-order chi connectivity index (χ0) is 19.8. The Balaban J connectivity index is 1.73. The summed E-state index contributed by atoms with van der Waals surface area (Å²) < 4.78 is 6.77. The van der Waals surface area contributed by atoms with Crippen molar-refractivity contribution >= 4 is 22.2 Å². The molecule has 3 N–H and O–H groups in total. The van der Waals surface area contributed by atoms with Gasteiger partial charge in [0.15, 0.2) is 0 Å². The lowest BCUT2D eigenvalue weighted by Crippen LogP contribution is -2.40. The number of aromatic nitrogens is 3. The lowest BCUT2D eigenvalue weighted by Gasteiger charge is -2.36. The molecule has 28 heavy (non-hydrogen) atoms. The Morgan fingerprint density at radius 3 is 2.57 bits per heavy atom. The van der Waals surface area contributed by atoms with Gasteiger partial charge in [0, 0.05) is 5.92 Å². The second-order valence-electron chi connectivity index (χ2n) is 7.03. The summed E-state index contributed by atoms with van der Waals surface area (Å²) in [7, 11) is 1.63. The first-order valence-electron chi connectivity index (χ1n) is 9.20. The standard InChI is InChI=1S/C19H23N5O3S/c1-11-21-19-24(22-11)18(26)16(28-19)15(12-3-5-14(27-2)6-4-12)23-9-7-13(8-10-23)17(20)25/h3-6,13,15,26H,7-10H2,1-2H3,(H2,20,25)/t15-/m0/s1. The van der Waals surface area contributed by atoms with Gasteiger partial charge < -0.3 is 15.6 Å². The molecule has 148 valence electrons. The van der Waals surface area contributed by atoms with Crippen molar-refractivity contribution in [3.63, 3.8) is 0 Å². The number of nitrogens with two attached hydrogens (primary N) is 1. The van der Waals surface area contributed by atoms with E-state index in [9.17, 15) is 9.90 Å². The number of hydrogen-bond donors (Lipinski definition) is 2. The molecule has 9 heteroatoms. The van der Waals surface area contributed by atoms with Crippen molar-refractivity contribution in [2.45, 2.75) is 25.8 Å². The van der Waals surface area contributed by atoms with E-state index in [-0.39, 0.29) is 23.7 Å². The van der Waals surface area contributed by atoms with Crippen molar-refractivity contribution in [3.05, 3.63) is 40.5 Å². The third kappa shape index (κ3) is 3.31. The Morgan fingerprint density at radius 1 is 1.32 bits per heavy atom. The number of likely N-dealkylation sites (tertiary alicyclic amines) is 1. The minimum Gasteiger partial charge on any atom is -0.497 e. The first-order valence-corrected chi connectivity index (χ1v) is 10.0. The normalized spacial score (nSPS) is 17.1. The summed E-state index contributed by atoms with van der Waals surface area (Å²) in [4.78, 5) is 19.7. The van der Waals surface area contributed by atoms with E-state index in [0.717, 1.165) is 29.3 Å². The van der Waals surface area contributed by atoms with Crippen molar-refractivity contribution in [1.29, 1.82) is 0 Å². The van der Waals surface area contributed by atoms with Crippen LogP contribution in [0.5, 0.6) is 11.6 Å². The number of thiazole rings is 1. The van der Waals surface area contributed by atoms with Crippen LogP contribution >= 0.6 is 11.3 Å². The number of methoxy groups -OCH3 is 1. The molecule has 3 aromatic rings. The van der Waals surface area contributed by atoms with Crippen LogP contribution in [0.25, 0.3) is 4.96 Å². The summed E-state index contributed by atoms with van der Waals surface area (Å²) >= 11 is 1.43. The topological polar surface area (TPSA) is 106 Å². The highest BCUT2D eigenvalue weighted by Gasteiger charge is 2.33. The van der Waals surface area contributed by atoms with Gasteiger partial charge in [0.1, 0.15) is 11.6 Å². The Kier molecular flexibility index (Phi) is 4.94. The number of rotatable bonds is 5. The number of piperidine rings is 1. The molecule has 1 aromatic carbocycles. The smallest absolute Gasteiger partial charge is 0.230 e. The van der Waals surface area contributed by atoms with E-state index in [0.29, 0.717) is 23.6 Å². The predicted molar refractivity (Wildman–Crippen MR) is 106 cm³/mol. The van der Waals surface area contributed by atoms with Gasteiger partial charge in [0.2, 0.25) is 16.7 Å². The van der Waals surface area contributed by atoms with Crippen LogP contribution in [0.1, 0.15) is 35.1 Å². The lowest BCUT2D eigenvalue weighted by atomic mass is 9.93. The van der Waals surface area contributed by atoms with Gasteiger partial charge >= 0.3 is 0 Å². The van der Waals surface area contributed by atoms with Gasteiger partial charge in [-0.1, -0.05) is 23.5 Å². The summed E-state index contributed by atoms with van der Waals surface area (Å²) in [6, 6.07) is 7.68. The van der Waals surface area contributed by atoms with Crippen molar-refractivity contribution in [2.75, 3.05) is 20.2 Å². The van der Waals surface area contributed by atoms with E-state index in [1.165, 1.54) is 15.9 Å². The zero-order valence-electron chi connectivity index (χ0n) is 15.8. The molecule has 0 bridgehead atoms. The van der Waals surface area contributed by atoms with E-state index in [4.69, 9.17) is 10.5 Å². The zero-order valence-corrected chi connectivity index (χ0v) is 16.6. The molecule has 4 rings (SSSR count). The van der Waals surface area contributed by atoms with E-state index in [1.807, 2.05) is 24.3 Å². The lowest BCUT2D eigenvalue weighted by molar-refractivity contribution is -0.123. The molecule has 0 unspecified atom stereocenters. The maximum Gasteiger partial charge on any atom is 0.230 e. The van der Waals surface area contributed by atoms with Crippen LogP contribution in [0.15, 0.2) is 24.3 Å². The molecule has 3 heterocycles. The van der Waals surface area contributed by atoms with E-state index >= 15 is 0 Å². The summed E-state index contributed by atoms with van der Waals surface area (Å²) in [6.45, 7) is 3.24. The number of carbonyl (C=O) groups excluding carboxylic acids is 1. The highest BCUT2D eigenvalue weighted by atomic mass is 32.1. The van der Waals surface area contributed by atoms with Gasteiger partial charge in [-0.25, -0.2) is 4.98 Å². The van der Waals surface area contributed by atoms with Crippen molar-refractivity contribution in [3.8, 4) is 11.6 Å². The first-order chi connectivity index (χ1) is 13.5. The minimum absolute atomic E-state index is 0.0914. The molecule has 0 aliphatic carbocycles. The van der Waals surface area contributed by atoms with Gasteiger partial charge in [-0.3, -0.25) is 9.69 Å². The predicted octanol–water partition coefficient (Wildman–Crippen LogP) is 2.10. The Hall–Kier alpha value is -2.65. The molecule has 2 aromatic heterocycles. The first kappa shape index (κ1) is 18.7. The molecule has 1 amide bonds. The number of primary amides is 1. The molecular formula is C19H23N5O3S. The third-order valence-electron chi connectivity index (χ3n) is 5.28. The van der Waals surface area contributed by atoms with Crippen LogP contribution in [0, 0.1) is 12.8 Å². The van der Waals surface area contributed by atoms with E-state index in [2.05, 4.69) is 15.0 Å². The largest absolute Gasteiger partial charge is 0.497 e. The van der Waals surface area contributed by atoms with Crippen LogP contribution in [0.3, 0.4) is 0 Å². The number of carbonyl (C=O) groups is 1. The molecule has 1 atom stereocenters. The number of amides is 1. The average molecular weight is 401 g/mol. The number of nitrogens with zero attached hydrogens (tertiary/aromatic N) is 4. The van der Waals surface area contributed by atoms with Crippen LogP contribution in [-0.4, -0.2) is 50.7 Å². The fourth-order valence-corrected chi connectivity index (χ4v) is 4.95. The summed E-state index contributed by atoms with van der Waals surface area (Å²) in [5.74, 6) is 1.18. The van der Waals surface area contributed by atoms with Crippen molar-refractivity contribution < 1.29 is 14.6 Å². The monoisotopic (exact) mass is 401 g/mol. The maximum absolute atomic E-state index is 11.5. The Morgan fingerprint density at radius 2 is 2.00 bits per heavy atom. The van der Waals surface area contributed by atoms with Gasteiger partial charge in [-0.05, 0) is 50.6 Å². The van der Waals surface area contributed by atoms with E-state index in [1.54, 1.807) is 14.0 Å². The van der Waals surface area contributed by atoms with Crippen LogP contribution < -0.4 is 10.5 Å². The number of hydrogen-bond acceptors (Lipinski definition) is 7. The molecule has 1 aliphatic heterocycles. The number of aryl methyl sites for hydroxylation is 1. The van der Waals surface area contributed by atoms with Crippen molar-refractivity contribution in [1.82, 2.24) is 19.5 Å². The van der Waals surface area contributed by atoms with E-state index < -0.39 is 0 Å². The number of aromatic hydroxyl groups is 1. The van der Waals surface area contributed by atoms with Gasteiger partial charge in [-0.2, -0.15) is 4.52 Å². The average Bonchev–Trinajstić information content (AvgIpc) is 3.20. The second-order valence-corrected chi connectivity index (χ2v) is 8.04. The molecule has 1 saturated heterocycles. The highest BCUT2D eigenvalue weighted by Crippen LogP contribution is 2.41. The molecule has 0 radical (unpaired) electrons. The number of ether oxygens (including phenoxy) is 1. The summed E-state index contributed by atoms with van der Waals surface area (Å²) in [6.07, 6.45) is 1.42. The van der Waals surface area contributed by atoms with Crippen LogP contribution in [0.2, 0.25) is 0 Å². The molecule has 0 spiro atoms. The quantitative estimate of drug-likeness (QED) is 0.678. The third-order valence-corrected chi connectivity index (χ3v) is 6.36. The maximum atomic E-state index is 11.5. The van der Waals surface area contributed by atoms with Crippen LogP contribution in [-0.2, 0) is 4.79 Å². The minimum atomic E-state index is -0.238. The fourth-order valence-electron chi connectivity index (χ4n) is 3.78. The molecule has 0 saturated carbocycles. The summed E-state index contributed by atoms with van der Waals surface area (Å²) in [5.41, 5.74) is 6.53. The number of fused-ring (bicyclic) bond motifs is 1. The second kappa shape index (κ2) is 7.40. The van der Waals surface area contributed by atoms with Gasteiger partial charge in [0.05, 0.1) is 18.0 Å². The number of benzene rings is 1. The molecular weight excluding hydrogens is 378 g/mol. The van der Waals surface area contributed by atoms with Gasteiger partial charge in [0.25, 0.3) is 0 Å². The Labute approximate surface area is 166 Å². The van der Waals surface area contributed by atoms with Crippen molar-refractivity contribution in [2.24, 2.45) is 11.7 Å². The molecule has 1 fully saturated rings.